The highest BCUT2D eigenvalue weighted by Crippen LogP contribution is 2.19. The molecule has 0 amide bonds. The Balaban J connectivity index is 2.46. The molecule has 1 aromatic carbocycles. The minimum Gasteiger partial charge on any atom is -0.493 e. The molecule has 22 heavy (non-hydrogen) atoms. The topological polar surface area (TPSA) is 61.8 Å². The molecule has 1 aromatic rings. The van der Waals surface area contributed by atoms with Crippen molar-refractivity contribution in [2.45, 2.75) is 46.1 Å². The van der Waals surface area contributed by atoms with E-state index < -0.39 is 11.6 Å². The van der Waals surface area contributed by atoms with E-state index >= 15 is 0 Å². The average Bonchev–Trinajstić information content (AvgIpc) is 2.42. The lowest BCUT2D eigenvalue weighted by molar-refractivity contribution is -0.155. The third-order valence-corrected chi connectivity index (χ3v) is 2.59. The predicted molar refractivity (Wildman–Crippen MR) is 83.0 cm³/mol. The van der Waals surface area contributed by atoms with E-state index in [1.165, 1.54) is 0 Å². The summed E-state index contributed by atoms with van der Waals surface area (Å²) >= 11 is 0. The molecule has 0 saturated carbocycles. The maximum atomic E-state index is 11.8. The van der Waals surface area contributed by atoms with Crippen LogP contribution in [-0.2, 0) is 14.3 Å². The fourth-order valence-corrected chi connectivity index (χ4v) is 1.76. The van der Waals surface area contributed by atoms with Crippen molar-refractivity contribution in [3.8, 4) is 5.75 Å². The Hall–Kier alpha value is -2.04. The highest BCUT2D eigenvalue weighted by atomic mass is 16.6. The number of hydrogen-bond donors (Lipinski definition) is 0. The van der Waals surface area contributed by atoms with E-state index in [2.05, 4.69) is 0 Å². The lowest BCUT2D eigenvalue weighted by Crippen LogP contribution is -2.24. The zero-order chi connectivity index (χ0) is 16.6. The van der Waals surface area contributed by atoms with E-state index in [1.807, 2.05) is 20.8 Å². The van der Waals surface area contributed by atoms with Crippen LogP contribution in [0.1, 0.15) is 50.9 Å². The fourth-order valence-electron chi connectivity index (χ4n) is 1.76. The van der Waals surface area contributed by atoms with Crippen molar-refractivity contribution in [2.75, 3.05) is 13.2 Å². The van der Waals surface area contributed by atoms with Gasteiger partial charge in [-0.25, -0.2) is 4.79 Å². The van der Waals surface area contributed by atoms with Crippen LogP contribution in [0, 0.1) is 0 Å². The van der Waals surface area contributed by atoms with Gasteiger partial charge in [-0.05, 0) is 46.2 Å². The molecule has 5 heteroatoms. The van der Waals surface area contributed by atoms with Crippen LogP contribution in [0.3, 0.4) is 0 Å². The van der Waals surface area contributed by atoms with Gasteiger partial charge >= 0.3 is 11.9 Å². The SMILES string of the molecule is CCOC(=O)c1ccccc1OCCCC(=O)OC(C)(C)C. The predicted octanol–water partition coefficient (Wildman–Crippen LogP) is 3.36. The average molecular weight is 308 g/mol. The first-order valence-corrected chi connectivity index (χ1v) is 7.44. The fraction of sp³-hybridized carbons (Fsp3) is 0.529. The number of carbonyl (C=O) groups excluding carboxylic acids is 2. The second-order valence-electron chi connectivity index (χ2n) is 5.76. The standard InChI is InChI=1S/C17H24O5/c1-5-20-16(19)13-9-6-7-10-14(13)21-12-8-11-15(18)22-17(2,3)4/h6-7,9-10H,5,8,11-12H2,1-4H3. The molecule has 0 aliphatic rings. The molecule has 0 aliphatic carbocycles. The monoisotopic (exact) mass is 308 g/mol. The molecular formula is C17H24O5. The summed E-state index contributed by atoms with van der Waals surface area (Å²) in [5.41, 5.74) is -0.0873. The van der Waals surface area contributed by atoms with Crippen molar-refractivity contribution in [2.24, 2.45) is 0 Å². The quantitative estimate of drug-likeness (QED) is 0.571. The van der Waals surface area contributed by atoms with Crippen molar-refractivity contribution in [3.05, 3.63) is 29.8 Å². The van der Waals surface area contributed by atoms with Crippen LogP contribution in [0.15, 0.2) is 24.3 Å². The molecule has 0 saturated heterocycles. The molecule has 0 fully saturated rings. The largest absolute Gasteiger partial charge is 0.493 e. The molecule has 0 atom stereocenters. The highest BCUT2D eigenvalue weighted by molar-refractivity contribution is 5.92. The second kappa shape index (κ2) is 8.41. The van der Waals surface area contributed by atoms with Crippen LogP contribution in [-0.4, -0.2) is 30.8 Å². The van der Waals surface area contributed by atoms with Gasteiger partial charge in [0.15, 0.2) is 0 Å². The van der Waals surface area contributed by atoms with Gasteiger partial charge in [-0.3, -0.25) is 4.79 Å². The van der Waals surface area contributed by atoms with Crippen molar-refractivity contribution >= 4 is 11.9 Å². The van der Waals surface area contributed by atoms with Crippen molar-refractivity contribution in [3.63, 3.8) is 0 Å². The maximum Gasteiger partial charge on any atom is 0.341 e. The van der Waals surface area contributed by atoms with Gasteiger partial charge < -0.3 is 14.2 Å². The minimum absolute atomic E-state index is 0.255. The number of rotatable bonds is 7. The van der Waals surface area contributed by atoms with Gasteiger partial charge in [-0.1, -0.05) is 12.1 Å². The molecule has 0 heterocycles. The molecule has 0 spiro atoms. The zero-order valence-corrected chi connectivity index (χ0v) is 13.7. The highest BCUT2D eigenvalue weighted by Gasteiger charge is 2.16. The van der Waals surface area contributed by atoms with E-state index in [9.17, 15) is 9.59 Å². The van der Waals surface area contributed by atoms with E-state index in [0.29, 0.717) is 30.9 Å². The van der Waals surface area contributed by atoms with Crippen LogP contribution >= 0.6 is 0 Å². The summed E-state index contributed by atoms with van der Waals surface area (Å²) in [4.78, 5) is 23.4. The number of hydrogen-bond acceptors (Lipinski definition) is 5. The van der Waals surface area contributed by atoms with E-state index in [4.69, 9.17) is 14.2 Å². The summed E-state index contributed by atoms with van der Waals surface area (Å²) in [5, 5.41) is 0. The van der Waals surface area contributed by atoms with Gasteiger partial charge in [-0.15, -0.1) is 0 Å². The molecule has 0 unspecified atom stereocenters. The summed E-state index contributed by atoms with van der Waals surface area (Å²) in [6, 6.07) is 6.90. The Morgan fingerprint density at radius 3 is 2.45 bits per heavy atom. The number of para-hydroxylation sites is 1. The number of esters is 2. The summed E-state index contributed by atoms with van der Waals surface area (Å²) in [7, 11) is 0. The van der Waals surface area contributed by atoms with Crippen LogP contribution in [0.4, 0.5) is 0 Å². The van der Waals surface area contributed by atoms with E-state index in [0.717, 1.165) is 0 Å². The van der Waals surface area contributed by atoms with Crippen LogP contribution in [0.25, 0.3) is 0 Å². The lowest BCUT2D eigenvalue weighted by Gasteiger charge is -2.19. The minimum atomic E-state index is -0.478. The summed E-state index contributed by atoms with van der Waals surface area (Å²) < 4.78 is 15.8. The van der Waals surface area contributed by atoms with Crippen LogP contribution in [0.5, 0.6) is 5.75 Å². The molecule has 122 valence electrons. The molecule has 0 radical (unpaired) electrons. The maximum absolute atomic E-state index is 11.8. The summed E-state index contributed by atoms with van der Waals surface area (Å²) in [5.74, 6) is -0.204. The first-order chi connectivity index (χ1) is 10.3. The van der Waals surface area contributed by atoms with Gasteiger partial charge in [0.1, 0.15) is 16.9 Å². The first-order valence-electron chi connectivity index (χ1n) is 7.44. The van der Waals surface area contributed by atoms with Gasteiger partial charge in [0.25, 0.3) is 0 Å². The first kappa shape index (κ1) is 18.0. The summed E-state index contributed by atoms with van der Waals surface area (Å²) in [6.45, 7) is 7.88. The third kappa shape index (κ3) is 6.61. The molecule has 0 N–H and O–H groups in total. The molecular weight excluding hydrogens is 284 g/mol. The smallest absolute Gasteiger partial charge is 0.341 e. The Morgan fingerprint density at radius 2 is 1.82 bits per heavy atom. The van der Waals surface area contributed by atoms with Crippen molar-refractivity contribution < 1.29 is 23.8 Å². The van der Waals surface area contributed by atoms with Crippen LogP contribution in [0.2, 0.25) is 0 Å². The third-order valence-electron chi connectivity index (χ3n) is 2.59. The molecule has 1 rings (SSSR count). The lowest BCUT2D eigenvalue weighted by atomic mass is 10.2. The van der Waals surface area contributed by atoms with Gasteiger partial charge in [-0.2, -0.15) is 0 Å². The van der Waals surface area contributed by atoms with E-state index in [-0.39, 0.29) is 12.4 Å². The summed E-state index contributed by atoms with van der Waals surface area (Å²) in [6.07, 6.45) is 0.797. The number of carbonyl (C=O) groups is 2. The molecule has 0 bridgehead atoms. The second-order valence-corrected chi connectivity index (χ2v) is 5.76. The number of ether oxygens (including phenoxy) is 3. The molecule has 5 nitrogen and oxygen atoms in total. The van der Waals surface area contributed by atoms with Crippen molar-refractivity contribution in [1.82, 2.24) is 0 Å². The van der Waals surface area contributed by atoms with Gasteiger partial charge in [0.2, 0.25) is 0 Å². The van der Waals surface area contributed by atoms with Gasteiger partial charge in [0, 0.05) is 6.42 Å². The molecule has 0 aliphatic heterocycles. The van der Waals surface area contributed by atoms with Gasteiger partial charge in [0.05, 0.1) is 13.2 Å². The Bertz CT molecular complexity index is 502. The zero-order valence-electron chi connectivity index (χ0n) is 13.7. The Morgan fingerprint density at radius 1 is 1.14 bits per heavy atom. The molecule has 0 aromatic heterocycles. The van der Waals surface area contributed by atoms with Crippen molar-refractivity contribution in [1.29, 1.82) is 0 Å². The van der Waals surface area contributed by atoms with Crippen LogP contribution < -0.4 is 4.74 Å². The Kier molecular flexibility index (Phi) is 6.89. The Labute approximate surface area is 131 Å². The normalized spacial score (nSPS) is 10.9. The number of benzene rings is 1. The van der Waals surface area contributed by atoms with E-state index in [1.54, 1.807) is 31.2 Å².